The van der Waals surface area contributed by atoms with E-state index >= 15 is 0 Å². The summed E-state index contributed by atoms with van der Waals surface area (Å²) in [6.45, 7) is 0.290. The van der Waals surface area contributed by atoms with Crippen LogP contribution in [0.5, 0.6) is 5.75 Å². The zero-order chi connectivity index (χ0) is 19.2. The normalized spacial score (nSPS) is 10.6. The maximum atomic E-state index is 12.2. The summed E-state index contributed by atoms with van der Waals surface area (Å²) < 4.78 is 7.48. The minimum Gasteiger partial charge on any atom is -0.486 e. The molecule has 0 unspecified atom stereocenters. The second-order valence-electron chi connectivity index (χ2n) is 5.52. The number of nitrogens with zero attached hydrogens (tertiary/aromatic N) is 3. The fourth-order valence-corrected chi connectivity index (χ4v) is 3.24. The molecule has 0 radical (unpaired) electrons. The van der Waals surface area contributed by atoms with Crippen LogP contribution in [0.15, 0.2) is 53.7 Å². The molecule has 9 heteroatoms. The van der Waals surface area contributed by atoms with Crippen molar-refractivity contribution in [2.75, 3.05) is 11.1 Å². The first-order valence-corrected chi connectivity index (χ1v) is 9.71. The van der Waals surface area contributed by atoms with E-state index in [2.05, 4.69) is 15.5 Å². The van der Waals surface area contributed by atoms with E-state index in [1.807, 2.05) is 37.4 Å². The summed E-state index contributed by atoms with van der Waals surface area (Å²) in [7, 11) is 1.83. The Morgan fingerprint density at radius 1 is 1.19 bits per heavy atom. The van der Waals surface area contributed by atoms with Crippen LogP contribution in [0.2, 0.25) is 10.0 Å². The van der Waals surface area contributed by atoms with E-state index in [0.29, 0.717) is 33.3 Å². The number of hydrogen-bond acceptors (Lipinski definition) is 5. The van der Waals surface area contributed by atoms with E-state index < -0.39 is 0 Å². The first-order chi connectivity index (χ1) is 13.0. The molecule has 1 heterocycles. The minimum atomic E-state index is -0.214. The van der Waals surface area contributed by atoms with E-state index in [4.69, 9.17) is 27.9 Å². The number of thioether (sulfide) groups is 1. The lowest BCUT2D eigenvalue weighted by atomic mass is 10.3. The number of ether oxygens (including phenoxy) is 1. The molecule has 2 aromatic carbocycles. The van der Waals surface area contributed by atoms with Gasteiger partial charge in [-0.05, 0) is 30.3 Å². The molecule has 1 amide bonds. The maximum Gasteiger partial charge on any atom is 0.234 e. The predicted octanol–water partition coefficient (Wildman–Crippen LogP) is 4.43. The molecular weight excluding hydrogens is 407 g/mol. The van der Waals surface area contributed by atoms with Crippen molar-refractivity contribution < 1.29 is 9.53 Å². The van der Waals surface area contributed by atoms with Crippen molar-refractivity contribution in [2.45, 2.75) is 11.8 Å². The Morgan fingerprint density at radius 3 is 2.74 bits per heavy atom. The minimum absolute atomic E-state index is 0.161. The summed E-state index contributed by atoms with van der Waals surface area (Å²) in [5.74, 6) is 1.37. The standard InChI is InChI=1S/C18H16Cl2N4O2S/c1-24-16(10-26-13-5-3-2-4-6-13)22-23-18(24)27-11-17(25)21-15-9-12(19)7-8-14(15)20/h2-9H,10-11H2,1H3,(H,21,25). The lowest BCUT2D eigenvalue weighted by Crippen LogP contribution is -2.15. The van der Waals surface area contributed by atoms with Crippen molar-refractivity contribution in [1.29, 1.82) is 0 Å². The van der Waals surface area contributed by atoms with Crippen molar-refractivity contribution >= 4 is 46.6 Å². The van der Waals surface area contributed by atoms with Crippen molar-refractivity contribution in [1.82, 2.24) is 14.8 Å². The second-order valence-corrected chi connectivity index (χ2v) is 7.31. The van der Waals surface area contributed by atoms with Crippen LogP contribution in [0.25, 0.3) is 0 Å². The lowest BCUT2D eigenvalue weighted by Gasteiger charge is -2.08. The molecule has 0 atom stereocenters. The number of hydrogen-bond donors (Lipinski definition) is 1. The first kappa shape index (κ1) is 19.5. The monoisotopic (exact) mass is 422 g/mol. The highest BCUT2D eigenvalue weighted by atomic mass is 35.5. The van der Waals surface area contributed by atoms with Gasteiger partial charge < -0.3 is 14.6 Å². The number of carbonyl (C=O) groups is 1. The summed E-state index contributed by atoms with van der Waals surface area (Å²) in [6, 6.07) is 14.4. The van der Waals surface area contributed by atoms with Crippen LogP contribution < -0.4 is 10.1 Å². The highest BCUT2D eigenvalue weighted by molar-refractivity contribution is 7.99. The molecule has 0 aliphatic rings. The third-order valence-corrected chi connectivity index (χ3v) is 5.16. The molecule has 3 aromatic rings. The van der Waals surface area contributed by atoms with Gasteiger partial charge in [-0.3, -0.25) is 4.79 Å². The van der Waals surface area contributed by atoms with Crippen LogP contribution in [-0.2, 0) is 18.4 Å². The van der Waals surface area contributed by atoms with Crippen molar-refractivity contribution in [3.8, 4) is 5.75 Å². The van der Waals surface area contributed by atoms with Gasteiger partial charge >= 0.3 is 0 Å². The van der Waals surface area contributed by atoms with Gasteiger partial charge in [0.15, 0.2) is 11.0 Å². The average molecular weight is 423 g/mol. The summed E-state index contributed by atoms with van der Waals surface area (Å²) in [6.07, 6.45) is 0. The number of benzene rings is 2. The van der Waals surface area contributed by atoms with E-state index in [0.717, 1.165) is 5.75 Å². The van der Waals surface area contributed by atoms with Crippen LogP contribution in [0.1, 0.15) is 5.82 Å². The van der Waals surface area contributed by atoms with E-state index in [9.17, 15) is 4.79 Å². The van der Waals surface area contributed by atoms with Gasteiger partial charge in [0, 0.05) is 12.1 Å². The van der Waals surface area contributed by atoms with E-state index in [1.54, 1.807) is 22.8 Å². The van der Waals surface area contributed by atoms with Crippen molar-refractivity contribution in [2.24, 2.45) is 7.05 Å². The molecule has 27 heavy (non-hydrogen) atoms. The highest BCUT2D eigenvalue weighted by Gasteiger charge is 2.13. The Labute approximate surface area is 170 Å². The molecule has 6 nitrogen and oxygen atoms in total. The highest BCUT2D eigenvalue weighted by Crippen LogP contribution is 2.26. The van der Waals surface area contributed by atoms with Gasteiger partial charge in [0.25, 0.3) is 0 Å². The number of halogens is 2. The SMILES string of the molecule is Cn1c(COc2ccccc2)nnc1SCC(=O)Nc1cc(Cl)ccc1Cl. The van der Waals surface area contributed by atoms with Gasteiger partial charge in [-0.15, -0.1) is 10.2 Å². The molecule has 0 fully saturated rings. The van der Waals surface area contributed by atoms with Crippen molar-refractivity contribution in [3.05, 3.63) is 64.4 Å². The summed E-state index contributed by atoms with van der Waals surface area (Å²) in [5.41, 5.74) is 0.477. The Kier molecular flexibility index (Phi) is 6.60. The summed E-state index contributed by atoms with van der Waals surface area (Å²) in [5, 5.41) is 12.5. The molecule has 0 aliphatic carbocycles. The largest absolute Gasteiger partial charge is 0.486 e. The molecule has 0 saturated heterocycles. The maximum absolute atomic E-state index is 12.2. The average Bonchev–Trinajstić information content (AvgIpc) is 3.02. The topological polar surface area (TPSA) is 69.0 Å². The van der Waals surface area contributed by atoms with Gasteiger partial charge in [-0.2, -0.15) is 0 Å². The van der Waals surface area contributed by atoms with E-state index in [-0.39, 0.29) is 11.7 Å². The number of nitrogens with one attached hydrogen (secondary N) is 1. The van der Waals surface area contributed by atoms with Gasteiger partial charge in [-0.1, -0.05) is 53.2 Å². The number of carbonyl (C=O) groups excluding carboxylic acids is 1. The zero-order valence-electron chi connectivity index (χ0n) is 14.4. The Hall–Kier alpha value is -2.22. The van der Waals surface area contributed by atoms with Crippen molar-refractivity contribution in [3.63, 3.8) is 0 Å². The molecule has 1 N–H and O–H groups in total. The fourth-order valence-electron chi connectivity index (χ4n) is 2.17. The number of amides is 1. The van der Waals surface area contributed by atoms with Gasteiger partial charge in [0.05, 0.1) is 16.5 Å². The van der Waals surface area contributed by atoms with E-state index in [1.165, 1.54) is 11.8 Å². The predicted molar refractivity (Wildman–Crippen MR) is 108 cm³/mol. The first-order valence-electron chi connectivity index (χ1n) is 7.97. The molecule has 1 aromatic heterocycles. The van der Waals surface area contributed by atoms with Crippen LogP contribution in [0, 0.1) is 0 Å². The third-order valence-electron chi connectivity index (χ3n) is 3.57. The number of para-hydroxylation sites is 1. The van der Waals surface area contributed by atoms with Gasteiger partial charge in [0.1, 0.15) is 12.4 Å². The van der Waals surface area contributed by atoms with Crippen LogP contribution in [0.4, 0.5) is 5.69 Å². The van der Waals surface area contributed by atoms with Crippen LogP contribution in [-0.4, -0.2) is 26.4 Å². The number of anilines is 1. The Balaban J connectivity index is 1.54. The summed E-state index contributed by atoms with van der Waals surface area (Å²) in [4.78, 5) is 12.2. The third kappa shape index (κ3) is 5.38. The Morgan fingerprint density at radius 2 is 1.96 bits per heavy atom. The molecule has 140 valence electrons. The lowest BCUT2D eigenvalue weighted by molar-refractivity contribution is -0.113. The molecular formula is C18H16Cl2N4O2S. The van der Waals surface area contributed by atoms with Gasteiger partial charge in [0.2, 0.25) is 5.91 Å². The smallest absolute Gasteiger partial charge is 0.234 e. The molecule has 0 spiro atoms. The number of rotatable bonds is 7. The zero-order valence-corrected chi connectivity index (χ0v) is 16.7. The molecule has 3 rings (SSSR count). The van der Waals surface area contributed by atoms with Crippen LogP contribution in [0.3, 0.4) is 0 Å². The Bertz CT molecular complexity index is 934. The quantitative estimate of drug-likeness (QED) is 0.570. The number of aromatic nitrogens is 3. The van der Waals surface area contributed by atoms with Gasteiger partial charge in [-0.25, -0.2) is 0 Å². The fraction of sp³-hybridized carbons (Fsp3) is 0.167. The summed E-state index contributed by atoms with van der Waals surface area (Å²) >= 11 is 13.2. The molecule has 0 bridgehead atoms. The molecule has 0 aliphatic heterocycles. The van der Waals surface area contributed by atoms with Crippen LogP contribution >= 0.6 is 35.0 Å². The second kappa shape index (κ2) is 9.12. The molecule has 0 saturated carbocycles.